The summed E-state index contributed by atoms with van der Waals surface area (Å²) in [6, 6.07) is 5.45. The second kappa shape index (κ2) is 12.4. The van der Waals surface area contributed by atoms with E-state index in [4.69, 9.17) is 14.3 Å². The van der Waals surface area contributed by atoms with Crippen LogP contribution in [0.4, 0.5) is 0 Å². The Balaban J connectivity index is 1.87. The van der Waals surface area contributed by atoms with Crippen LogP contribution in [0.2, 0.25) is 0 Å². The van der Waals surface area contributed by atoms with Crippen LogP contribution in [-0.4, -0.2) is 66.0 Å². The van der Waals surface area contributed by atoms with Crippen molar-refractivity contribution in [2.75, 3.05) is 33.0 Å². The first-order chi connectivity index (χ1) is 16.4. The van der Waals surface area contributed by atoms with E-state index >= 15 is 0 Å². The molecule has 1 aromatic rings. The predicted octanol–water partition coefficient (Wildman–Crippen LogP) is 4.29. The molecular formula is C26H40N2O6. The fourth-order valence-electron chi connectivity index (χ4n) is 5.21. The molecule has 4 unspecified atom stereocenters. The molecule has 1 saturated heterocycles. The Labute approximate surface area is 203 Å². The number of hydroxylamine groups is 2. The summed E-state index contributed by atoms with van der Waals surface area (Å²) in [6.07, 6.45) is 4.43. The maximum atomic E-state index is 13.2. The van der Waals surface area contributed by atoms with Crippen molar-refractivity contribution >= 4 is 11.9 Å². The van der Waals surface area contributed by atoms with Crippen LogP contribution in [0.5, 0.6) is 11.5 Å². The molecule has 0 bridgehead atoms. The molecule has 3 rings (SSSR count). The molecule has 4 atom stereocenters. The number of carboxylic acid groups (broad SMARTS) is 1. The molecule has 2 aliphatic rings. The van der Waals surface area contributed by atoms with Crippen molar-refractivity contribution in [2.24, 2.45) is 11.8 Å². The van der Waals surface area contributed by atoms with E-state index < -0.39 is 11.9 Å². The molecular weight excluding hydrogens is 436 g/mol. The van der Waals surface area contributed by atoms with Crippen LogP contribution in [0.25, 0.3) is 0 Å². The molecule has 0 aromatic heterocycles. The van der Waals surface area contributed by atoms with E-state index in [1.807, 2.05) is 32.0 Å². The minimum Gasteiger partial charge on any atom is -0.481 e. The average Bonchev–Trinajstić information content (AvgIpc) is 3.41. The van der Waals surface area contributed by atoms with Crippen molar-refractivity contribution in [3.8, 4) is 11.5 Å². The number of carbonyl (C=O) groups excluding carboxylic acids is 1. The number of nitrogens with zero attached hydrogens (tertiary/aromatic N) is 2. The van der Waals surface area contributed by atoms with Gasteiger partial charge in [-0.2, -0.15) is 0 Å². The van der Waals surface area contributed by atoms with E-state index in [1.165, 1.54) is 5.06 Å². The van der Waals surface area contributed by atoms with E-state index in [0.29, 0.717) is 37.1 Å². The molecule has 1 aromatic carbocycles. The molecule has 8 heteroatoms. The topological polar surface area (TPSA) is 88.5 Å². The molecule has 0 spiro atoms. The fraction of sp³-hybridized carbons (Fsp3) is 0.692. The van der Waals surface area contributed by atoms with Gasteiger partial charge in [0.15, 0.2) is 11.5 Å². The zero-order chi connectivity index (χ0) is 24.7. The molecule has 1 N–H and O–H groups in total. The summed E-state index contributed by atoms with van der Waals surface area (Å²) >= 11 is 0. The highest BCUT2D eigenvalue weighted by molar-refractivity contribution is 5.78. The lowest BCUT2D eigenvalue weighted by molar-refractivity contribution is -0.188. The SMILES string of the molecule is CCCON(CCC)C(=O)CN1CC(c2ccc3c(c2)OCO3)C(C(=O)O)C1CC(C)CCC. The van der Waals surface area contributed by atoms with Crippen LogP contribution in [-0.2, 0) is 14.4 Å². The first kappa shape index (κ1) is 26.3. The molecule has 1 amide bonds. The molecule has 8 nitrogen and oxygen atoms in total. The summed E-state index contributed by atoms with van der Waals surface area (Å²) in [5.74, 6) is -0.0874. The number of carboxylic acids is 1. The van der Waals surface area contributed by atoms with E-state index in [1.54, 1.807) is 0 Å². The Morgan fingerprint density at radius 2 is 1.94 bits per heavy atom. The van der Waals surface area contributed by atoms with Crippen LogP contribution in [0.15, 0.2) is 18.2 Å². The quantitative estimate of drug-likeness (QED) is 0.425. The Morgan fingerprint density at radius 3 is 2.62 bits per heavy atom. The second-order valence-electron chi connectivity index (χ2n) is 9.54. The normalized spacial score (nSPS) is 22.6. The van der Waals surface area contributed by atoms with Gasteiger partial charge in [-0.25, -0.2) is 5.06 Å². The summed E-state index contributed by atoms with van der Waals surface area (Å²) in [7, 11) is 0. The van der Waals surface area contributed by atoms with Gasteiger partial charge in [-0.15, -0.1) is 0 Å². The molecule has 2 heterocycles. The van der Waals surface area contributed by atoms with Crippen molar-refractivity contribution in [3.63, 3.8) is 0 Å². The molecule has 0 aliphatic carbocycles. The number of rotatable bonds is 13. The summed E-state index contributed by atoms with van der Waals surface area (Å²) in [5, 5.41) is 11.8. The maximum Gasteiger partial charge on any atom is 0.308 e. The minimum atomic E-state index is -0.820. The third-order valence-electron chi connectivity index (χ3n) is 6.78. The molecule has 2 aliphatic heterocycles. The monoisotopic (exact) mass is 476 g/mol. The number of fused-ring (bicyclic) bond motifs is 1. The summed E-state index contributed by atoms with van der Waals surface area (Å²) in [4.78, 5) is 33.6. The van der Waals surface area contributed by atoms with Crippen molar-refractivity contribution in [1.29, 1.82) is 0 Å². The predicted molar refractivity (Wildman–Crippen MR) is 129 cm³/mol. The lowest BCUT2D eigenvalue weighted by atomic mass is 9.81. The van der Waals surface area contributed by atoms with Gasteiger partial charge in [0.2, 0.25) is 6.79 Å². The highest BCUT2D eigenvalue weighted by Gasteiger charge is 2.47. The number of benzene rings is 1. The first-order valence-electron chi connectivity index (χ1n) is 12.7. The number of likely N-dealkylation sites (tertiary alicyclic amines) is 1. The van der Waals surface area contributed by atoms with Gasteiger partial charge in [-0.1, -0.05) is 46.6 Å². The largest absolute Gasteiger partial charge is 0.481 e. The van der Waals surface area contributed by atoms with Gasteiger partial charge in [-0.05, 0) is 42.9 Å². The van der Waals surface area contributed by atoms with Gasteiger partial charge >= 0.3 is 5.97 Å². The molecule has 190 valence electrons. The Kier molecular flexibility index (Phi) is 9.59. The number of amides is 1. The highest BCUT2D eigenvalue weighted by Crippen LogP contribution is 2.43. The first-order valence-corrected chi connectivity index (χ1v) is 12.7. The second-order valence-corrected chi connectivity index (χ2v) is 9.54. The van der Waals surface area contributed by atoms with E-state index in [2.05, 4.69) is 18.7 Å². The minimum absolute atomic E-state index is 0.112. The van der Waals surface area contributed by atoms with Crippen LogP contribution in [0, 0.1) is 11.8 Å². The Morgan fingerprint density at radius 1 is 1.18 bits per heavy atom. The highest BCUT2D eigenvalue weighted by atomic mass is 16.7. The summed E-state index contributed by atoms with van der Waals surface area (Å²) in [5.41, 5.74) is 0.910. The number of carbonyl (C=O) groups is 2. The van der Waals surface area contributed by atoms with Crippen molar-refractivity contribution in [2.45, 2.75) is 71.8 Å². The maximum absolute atomic E-state index is 13.2. The van der Waals surface area contributed by atoms with Gasteiger partial charge in [0.1, 0.15) is 0 Å². The van der Waals surface area contributed by atoms with Crippen molar-refractivity contribution in [1.82, 2.24) is 9.96 Å². The van der Waals surface area contributed by atoms with Crippen LogP contribution < -0.4 is 9.47 Å². The standard InChI is InChI=1S/C26H40N2O6/c1-5-8-18(4)13-21-25(26(30)31)20(19-9-10-22-23(14-19)33-17-32-22)15-27(21)16-24(29)28(11-6-2)34-12-7-3/h9-10,14,18,20-21,25H,5-8,11-13,15-17H2,1-4H3,(H,30,31). The average molecular weight is 477 g/mol. The molecule has 34 heavy (non-hydrogen) atoms. The van der Waals surface area contributed by atoms with Crippen LogP contribution >= 0.6 is 0 Å². The third kappa shape index (κ3) is 6.21. The van der Waals surface area contributed by atoms with Crippen molar-refractivity contribution < 1.29 is 29.0 Å². The smallest absolute Gasteiger partial charge is 0.308 e. The van der Waals surface area contributed by atoms with E-state index in [0.717, 1.165) is 37.7 Å². The lowest BCUT2D eigenvalue weighted by Crippen LogP contribution is -2.45. The lowest BCUT2D eigenvalue weighted by Gasteiger charge is -2.30. The van der Waals surface area contributed by atoms with E-state index in [9.17, 15) is 14.7 Å². The molecule has 0 saturated carbocycles. The third-order valence-corrected chi connectivity index (χ3v) is 6.78. The van der Waals surface area contributed by atoms with Crippen molar-refractivity contribution in [3.05, 3.63) is 23.8 Å². The Hall–Kier alpha value is -2.32. The van der Waals surface area contributed by atoms with Gasteiger partial charge in [-0.3, -0.25) is 19.3 Å². The zero-order valence-corrected chi connectivity index (χ0v) is 21.0. The summed E-state index contributed by atoms with van der Waals surface area (Å²) in [6.45, 7) is 10.2. The molecule has 0 radical (unpaired) electrons. The van der Waals surface area contributed by atoms with Gasteiger partial charge < -0.3 is 14.6 Å². The number of hydrogen-bond donors (Lipinski definition) is 1. The van der Waals surface area contributed by atoms with Gasteiger partial charge in [0.25, 0.3) is 5.91 Å². The Bertz CT molecular complexity index is 832. The van der Waals surface area contributed by atoms with E-state index in [-0.39, 0.29) is 31.2 Å². The number of hydrogen-bond acceptors (Lipinski definition) is 6. The van der Waals surface area contributed by atoms with Gasteiger partial charge in [0, 0.05) is 25.0 Å². The van der Waals surface area contributed by atoms with Gasteiger partial charge in [0.05, 0.1) is 19.1 Å². The summed E-state index contributed by atoms with van der Waals surface area (Å²) < 4.78 is 11.0. The molecule has 1 fully saturated rings. The number of aliphatic carboxylic acids is 1. The number of ether oxygens (including phenoxy) is 2. The fourth-order valence-corrected chi connectivity index (χ4v) is 5.21. The zero-order valence-electron chi connectivity index (χ0n) is 21.0. The van der Waals surface area contributed by atoms with Crippen LogP contribution in [0.1, 0.15) is 71.3 Å². The van der Waals surface area contributed by atoms with Crippen LogP contribution in [0.3, 0.4) is 0 Å².